The van der Waals surface area contributed by atoms with Crippen LogP contribution in [0.5, 0.6) is 0 Å². The molecule has 0 saturated carbocycles. The molecule has 2 saturated heterocycles. The van der Waals surface area contributed by atoms with Crippen molar-refractivity contribution in [3.63, 3.8) is 0 Å². The van der Waals surface area contributed by atoms with Crippen molar-refractivity contribution in [3.8, 4) is 0 Å². The van der Waals surface area contributed by atoms with E-state index in [9.17, 15) is 35.9 Å². The molecule has 9 nitrogen and oxygen atoms in total. The molecule has 2 amide bonds. The number of rotatable bonds is 5. The Morgan fingerprint density at radius 1 is 0.953 bits per heavy atom. The van der Waals surface area contributed by atoms with Gasteiger partial charge in [0.05, 0.1) is 11.7 Å². The average molecular weight is 616 g/mol. The number of aromatic nitrogens is 3. The molecule has 2 aliphatic heterocycles. The van der Waals surface area contributed by atoms with E-state index >= 15 is 0 Å². The molecule has 2 N–H and O–H groups in total. The van der Waals surface area contributed by atoms with E-state index in [1.165, 1.54) is 23.9 Å². The van der Waals surface area contributed by atoms with Crippen LogP contribution < -0.4 is 10.2 Å². The first-order valence-electron chi connectivity index (χ1n) is 14.0. The van der Waals surface area contributed by atoms with E-state index in [4.69, 9.17) is 0 Å². The van der Waals surface area contributed by atoms with Gasteiger partial charge < -0.3 is 25.0 Å². The van der Waals surface area contributed by atoms with Crippen LogP contribution in [0, 0.1) is 0 Å². The quantitative estimate of drug-likeness (QED) is 0.406. The Kier molecular flexibility index (Phi) is 10.0. The fourth-order valence-electron chi connectivity index (χ4n) is 5.56. The van der Waals surface area contributed by atoms with Crippen LogP contribution in [0.3, 0.4) is 0 Å². The van der Waals surface area contributed by atoms with Crippen molar-refractivity contribution >= 4 is 39.4 Å². The molecule has 2 atom stereocenters. The monoisotopic (exact) mass is 615 g/mol. The van der Waals surface area contributed by atoms with Crippen molar-refractivity contribution in [2.24, 2.45) is 0 Å². The molecule has 2 unspecified atom stereocenters. The number of hydrogen-bond donors (Lipinski definition) is 2. The van der Waals surface area contributed by atoms with Crippen LogP contribution in [0.2, 0.25) is 0 Å². The highest BCUT2D eigenvalue weighted by atomic mass is 19.4. The normalized spacial score (nSPS) is 19.6. The summed E-state index contributed by atoms with van der Waals surface area (Å²) in [6.07, 6.45) is -3.28. The second-order valence-electron chi connectivity index (χ2n) is 10.9. The highest BCUT2D eigenvalue weighted by molar-refractivity contribution is 6.10. The fraction of sp³-hybridized carbons (Fsp3) is 0.571. The Morgan fingerprint density at radius 3 is 2.23 bits per heavy atom. The van der Waals surface area contributed by atoms with Crippen LogP contribution >= 0.6 is 0 Å². The number of amides is 2. The minimum atomic E-state index is -4.49. The third-order valence-corrected chi connectivity index (χ3v) is 7.86. The summed E-state index contributed by atoms with van der Waals surface area (Å²) in [6, 6.07) is 3.49. The van der Waals surface area contributed by atoms with E-state index in [0.717, 1.165) is 54.3 Å². The maximum atomic E-state index is 12.6. The topological polar surface area (TPSA) is 97.5 Å². The zero-order valence-electron chi connectivity index (χ0n) is 23.9. The number of H-pyrrole nitrogens is 1. The second-order valence-corrected chi connectivity index (χ2v) is 10.9. The van der Waals surface area contributed by atoms with Gasteiger partial charge in [-0.3, -0.25) is 9.59 Å². The lowest BCUT2D eigenvalue weighted by atomic mass is 10.0. The minimum Gasteiger partial charge on any atom is -0.369 e. The number of nitrogens with one attached hydrogen (secondary N) is 2. The number of nitrogens with zero attached hydrogens (tertiary/aromatic N) is 5. The average Bonchev–Trinajstić information content (AvgIpc) is 3.44. The molecular formula is C28H35F6N7O2. The third kappa shape index (κ3) is 8.48. The van der Waals surface area contributed by atoms with Crippen LogP contribution in [-0.2, 0) is 9.59 Å². The Labute approximate surface area is 244 Å². The molecule has 236 valence electrons. The van der Waals surface area contributed by atoms with Crippen LogP contribution in [0.25, 0.3) is 21.9 Å². The standard InChI is InChI=1S/C19H20F3N5O.C9H15F3N2O/c1-26(16(28)9-19(20,21)22)12-3-2-8-27(11-12)15-5-7-23-14-10-25-18-13(17(14)15)4-6-24-18;1-14(7-3-2-4-13-6-7)8(15)5-9(10,11)12/h4-7,10,12,23H,2-3,8-9,11H2,1H3;7,13H,2-6H2,1H3. The van der Waals surface area contributed by atoms with E-state index in [1.54, 1.807) is 12.4 Å². The minimum absolute atomic E-state index is 0.103. The first kappa shape index (κ1) is 32.3. The smallest absolute Gasteiger partial charge is 0.369 e. The van der Waals surface area contributed by atoms with Gasteiger partial charge in [-0.15, -0.1) is 0 Å². The van der Waals surface area contributed by atoms with Crippen LogP contribution in [-0.4, -0.2) is 101 Å². The maximum Gasteiger partial charge on any atom is 0.397 e. The number of hydrogen-bond acceptors (Lipinski definition) is 6. The molecule has 0 aliphatic carbocycles. The van der Waals surface area contributed by atoms with Crippen molar-refractivity contribution < 1.29 is 35.9 Å². The van der Waals surface area contributed by atoms with Gasteiger partial charge in [0.15, 0.2) is 5.65 Å². The van der Waals surface area contributed by atoms with Gasteiger partial charge in [-0.25, -0.2) is 9.97 Å². The van der Waals surface area contributed by atoms with Gasteiger partial charge in [-0.05, 0) is 44.4 Å². The molecule has 3 aromatic heterocycles. The Balaban J connectivity index is 0.000000239. The van der Waals surface area contributed by atoms with Crippen LogP contribution in [0.15, 0.2) is 30.7 Å². The van der Waals surface area contributed by atoms with E-state index < -0.39 is 37.0 Å². The maximum absolute atomic E-state index is 12.6. The van der Waals surface area contributed by atoms with Crippen molar-refractivity contribution in [3.05, 3.63) is 30.7 Å². The zero-order valence-corrected chi connectivity index (χ0v) is 23.9. The van der Waals surface area contributed by atoms with Crippen LogP contribution in [0.4, 0.5) is 32.0 Å². The van der Waals surface area contributed by atoms with Gasteiger partial charge >= 0.3 is 12.4 Å². The van der Waals surface area contributed by atoms with Crippen molar-refractivity contribution in [1.82, 2.24) is 30.1 Å². The summed E-state index contributed by atoms with van der Waals surface area (Å²) in [5, 5.41) is 4.96. The predicted octanol–water partition coefficient (Wildman–Crippen LogP) is 4.64. The molecule has 2 aliphatic rings. The van der Waals surface area contributed by atoms with Gasteiger partial charge in [0.2, 0.25) is 11.8 Å². The highest BCUT2D eigenvalue weighted by Crippen LogP contribution is 2.33. The summed E-state index contributed by atoms with van der Waals surface area (Å²) in [7, 11) is 2.90. The van der Waals surface area contributed by atoms with Crippen molar-refractivity contribution in [2.75, 3.05) is 45.2 Å². The summed E-state index contributed by atoms with van der Waals surface area (Å²) >= 11 is 0. The molecule has 15 heteroatoms. The van der Waals surface area contributed by atoms with Gasteiger partial charge in [-0.2, -0.15) is 26.3 Å². The van der Waals surface area contributed by atoms with Gasteiger partial charge in [0, 0.05) is 74.7 Å². The number of pyridine rings is 2. The fourth-order valence-corrected chi connectivity index (χ4v) is 5.56. The van der Waals surface area contributed by atoms with E-state index in [-0.39, 0.29) is 12.1 Å². The number of carbonyl (C=O) groups is 2. The van der Waals surface area contributed by atoms with E-state index in [2.05, 4.69) is 25.2 Å². The predicted molar refractivity (Wildman–Crippen MR) is 149 cm³/mol. The molecule has 5 heterocycles. The van der Waals surface area contributed by atoms with Gasteiger partial charge in [0.25, 0.3) is 0 Å². The molecule has 0 bridgehead atoms. The van der Waals surface area contributed by atoms with Gasteiger partial charge in [0.1, 0.15) is 12.8 Å². The summed E-state index contributed by atoms with van der Waals surface area (Å²) in [6.45, 7) is 2.71. The number of anilines is 1. The number of likely N-dealkylation sites (N-methyl/N-ethyl adjacent to an activating group) is 2. The summed E-state index contributed by atoms with van der Waals surface area (Å²) < 4.78 is 73.7. The molecule has 0 radical (unpaired) electrons. The molecule has 2 fully saturated rings. The molecule has 0 aromatic carbocycles. The number of carbonyl (C=O) groups excluding carboxylic acids is 2. The molecule has 3 aromatic rings. The Morgan fingerprint density at radius 2 is 1.60 bits per heavy atom. The van der Waals surface area contributed by atoms with E-state index in [1.807, 2.05) is 18.3 Å². The molecular weight excluding hydrogens is 580 g/mol. The number of halogens is 6. The third-order valence-electron chi connectivity index (χ3n) is 7.86. The van der Waals surface area contributed by atoms with E-state index in [0.29, 0.717) is 25.2 Å². The number of piperidine rings is 2. The number of alkyl halides is 6. The highest BCUT2D eigenvalue weighted by Gasteiger charge is 2.36. The number of aromatic amines is 1. The lowest BCUT2D eigenvalue weighted by Crippen LogP contribution is -2.49. The summed E-state index contributed by atoms with van der Waals surface area (Å²) in [4.78, 5) is 39.6. The summed E-state index contributed by atoms with van der Waals surface area (Å²) in [5.41, 5.74) is 2.48. The Hall–Kier alpha value is -3.62. The van der Waals surface area contributed by atoms with Gasteiger partial charge in [-0.1, -0.05) is 0 Å². The SMILES string of the molecule is CN(C(=O)CC(F)(F)F)C1CCCN(c2cc[nH]c3cnc4nccc4c23)C1.CN(C(=O)CC(F)(F)F)C1CCCNC1. The van der Waals surface area contributed by atoms with Crippen molar-refractivity contribution in [2.45, 2.75) is 63.0 Å². The first-order valence-corrected chi connectivity index (χ1v) is 14.0. The first-order chi connectivity index (χ1) is 20.2. The molecule has 5 rings (SSSR count). The Bertz CT molecular complexity index is 1400. The van der Waals surface area contributed by atoms with Crippen LogP contribution in [0.1, 0.15) is 38.5 Å². The summed E-state index contributed by atoms with van der Waals surface area (Å²) in [5.74, 6) is -1.74. The second kappa shape index (κ2) is 13.3. The number of fused-ring (bicyclic) bond motifs is 3. The van der Waals surface area contributed by atoms with Crippen molar-refractivity contribution in [1.29, 1.82) is 0 Å². The molecule has 43 heavy (non-hydrogen) atoms. The largest absolute Gasteiger partial charge is 0.397 e. The lowest BCUT2D eigenvalue weighted by molar-refractivity contribution is -0.163. The zero-order chi connectivity index (χ0) is 31.4. The molecule has 0 spiro atoms. The lowest BCUT2D eigenvalue weighted by Gasteiger charge is -2.39.